The molecule has 0 radical (unpaired) electrons. The van der Waals surface area contributed by atoms with E-state index in [2.05, 4.69) is 5.48 Å². The Morgan fingerprint density at radius 1 is 0.897 bits per heavy atom. The second kappa shape index (κ2) is 23.0. The molecule has 3 aromatic rings. The summed E-state index contributed by atoms with van der Waals surface area (Å²) in [5.74, 6) is -5.31. The number of nitrogens with two attached hydrogens (primary N) is 1. The molecule has 1 aliphatic heterocycles. The third-order valence-electron chi connectivity index (χ3n) is 8.99. The number of nitrogens with one attached hydrogen (secondary N) is 1. The Hall–Kier alpha value is -4.78. The maximum atomic E-state index is 15.9. The van der Waals surface area contributed by atoms with Gasteiger partial charge in [0, 0.05) is 60.6 Å². The summed E-state index contributed by atoms with van der Waals surface area (Å²) in [7, 11) is 2.71. The van der Waals surface area contributed by atoms with E-state index in [1.54, 1.807) is 32.9 Å². The standard InChI is InChI=1S/C39H49F2N3O12S.ClH/c1-6-53-34(48)9-8-27(45)31-17-25-30(57-31)19-29(51-5)38(35(25)40)55-13-7-12-54-37-28(50-4)16-23-20-44(21-26(23)36(37)41)33(47)18-24(22(2)3)39(49)56-43-32(46)10-14-52-15-11-42;/h16-17,19,22,24H,6-15,18,20-21,42H2,1-5H3,(H,43,46);1H/t24-;/m0./s1. The van der Waals surface area contributed by atoms with Gasteiger partial charge in [0.25, 0.3) is 5.91 Å². The number of hydroxylamine groups is 1. The zero-order valence-electron chi connectivity index (χ0n) is 33.1. The van der Waals surface area contributed by atoms with Crippen molar-refractivity contribution in [3.05, 3.63) is 45.8 Å². The van der Waals surface area contributed by atoms with Gasteiger partial charge in [-0.25, -0.2) is 13.6 Å². The van der Waals surface area contributed by atoms with Crippen molar-refractivity contribution >= 4 is 63.4 Å². The van der Waals surface area contributed by atoms with Crippen LogP contribution in [0.3, 0.4) is 0 Å². The first-order chi connectivity index (χ1) is 27.3. The van der Waals surface area contributed by atoms with Crippen molar-refractivity contribution in [3.63, 3.8) is 0 Å². The van der Waals surface area contributed by atoms with E-state index < -0.39 is 41.3 Å². The second-order valence-corrected chi connectivity index (χ2v) is 14.4. The molecule has 2 amide bonds. The van der Waals surface area contributed by atoms with Crippen molar-refractivity contribution in [2.45, 2.75) is 66.0 Å². The number of carbonyl (C=O) groups is 5. The van der Waals surface area contributed by atoms with Crippen LogP contribution in [0.4, 0.5) is 8.78 Å². The molecule has 1 aromatic heterocycles. The van der Waals surface area contributed by atoms with Crippen LogP contribution < -0.4 is 30.2 Å². The average molecular weight is 858 g/mol. The van der Waals surface area contributed by atoms with Crippen molar-refractivity contribution in [2.24, 2.45) is 17.6 Å². The van der Waals surface area contributed by atoms with Crippen LogP contribution in [-0.4, -0.2) is 88.2 Å². The molecule has 0 fully saturated rings. The Morgan fingerprint density at radius 3 is 2.21 bits per heavy atom. The van der Waals surface area contributed by atoms with E-state index in [9.17, 15) is 24.0 Å². The SMILES string of the molecule is CCOC(=O)CCC(=O)c1cc2c(F)c(OCCCOc3c(OC)cc4c(c3F)CN(C(=O)C[C@H](C(=O)ONC(=O)CCOCCN)C(C)C)C4)c(OC)cc2s1.Cl. The highest BCUT2D eigenvalue weighted by Crippen LogP contribution is 2.41. The number of ketones is 1. The maximum Gasteiger partial charge on any atom is 0.336 e. The fourth-order valence-corrected chi connectivity index (χ4v) is 6.97. The molecule has 0 saturated heterocycles. The van der Waals surface area contributed by atoms with E-state index in [1.807, 2.05) is 0 Å². The number of hydrogen-bond donors (Lipinski definition) is 2. The monoisotopic (exact) mass is 857 g/mol. The number of hydrogen-bond acceptors (Lipinski definition) is 14. The molecule has 19 heteroatoms. The Balaban J connectivity index is 0.00000900. The van der Waals surface area contributed by atoms with Gasteiger partial charge in [-0.05, 0) is 30.5 Å². The highest BCUT2D eigenvalue weighted by molar-refractivity contribution is 7.20. The second-order valence-electron chi connectivity index (χ2n) is 13.3. The Bertz CT molecular complexity index is 1930. The number of benzene rings is 2. The first-order valence-corrected chi connectivity index (χ1v) is 19.3. The molecule has 3 N–H and O–H groups in total. The van der Waals surface area contributed by atoms with Gasteiger partial charge in [-0.15, -0.1) is 23.7 Å². The summed E-state index contributed by atoms with van der Waals surface area (Å²) in [6.45, 7) is 5.97. The van der Waals surface area contributed by atoms with Crippen LogP contribution in [0.1, 0.15) is 73.7 Å². The summed E-state index contributed by atoms with van der Waals surface area (Å²) in [5, 5.41) is 0.161. The lowest BCUT2D eigenvalue weighted by Crippen LogP contribution is -2.36. The van der Waals surface area contributed by atoms with Gasteiger partial charge in [-0.3, -0.25) is 19.2 Å². The number of thiophene rings is 1. The van der Waals surface area contributed by atoms with E-state index in [1.165, 1.54) is 25.2 Å². The van der Waals surface area contributed by atoms with Gasteiger partial charge in [0.2, 0.25) is 5.91 Å². The number of nitrogens with zero attached hydrogens (tertiary/aromatic N) is 1. The van der Waals surface area contributed by atoms with Crippen LogP contribution in [0.25, 0.3) is 10.1 Å². The molecule has 1 aliphatic rings. The quantitative estimate of drug-likeness (QED) is 0.0563. The smallest absolute Gasteiger partial charge is 0.336 e. The van der Waals surface area contributed by atoms with Gasteiger partial charge in [-0.2, -0.15) is 5.48 Å². The molecule has 0 spiro atoms. The average Bonchev–Trinajstić information content (AvgIpc) is 3.83. The minimum Gasteiger partial charge on any atom is -0.493 e. The topological polar surface area (TPSA) is 191 Å². The summed E-state index contributed by atoms with van der Waals surface area (Å²) in [6.07, 6.45) is -0.243. The molecule has 0 bridgehead atoms. The summed E-state index contributed by atoms with van der Waals surface area (Å²) >= 11 is 1.07. The number of ether oxygens (including phenoxy) is 6. The highest BCUT2D eigenvalue weighted by atomic mass is 35.5. The maximum absolute atomic E-state index is 15.9. The molecule has 0 unspecified atom stereocenters. The number of rotatable bonds is 22. The molecular weight excluding hydrogens is 808 g/mol. The Labute approximate surface area is 345 Å². The van der Waals surface area contributed by atoms with Crippen molar-refractivity contribution in [1.82, 2.24) is 10.4 Å². The van der Waals surface area contributed by atoms with Crippen LogP contribution in [0.5, 0.6) is 23.0 Å². The molecule has 15 nitrogen and oxygen atoms in total. The normalized spacial score (nSPS) is 12.4. The largest absolute Gasteiger partial charge is 0.493 e. The molecule has 320 valence electrons. The van der Waals surface area contributed by atoms with Crippen LogP contribution >= 0.6 is 23.7 Å². The molecule has 4 rings (SSSR count). The third kappa shape index (κ3) is 12.4. The molecular formula is C39H50ClF2N3O12S. The summed E-state index contributed by atoms with van der Waals surface area (Å²) in [6, 6.07) is 4.57. The molecule has 2 aromatic carbocycles. The number of carbonyl (C=O) groups excluding carboxylic acids is 5. The van der Waals surface area contributed by atoms with Crippen molar-refractivity contribution < 1.29 is 66.0 Å². The number of Topliss-reactive ketones (excluding diaryl/α,β-unsaturated/α-hetero) is 1. The predicted molar refractivity (Wildman–Crippen MR) is 210 cm³/mol. The van der Waals surface area contributed by atoms with Gasteiger partial charge < -0.3 is 43.9 Å². The minimum absolute atomic E-state index is 0. The Kier molecular flexibility index (Phi) is 18.9. The van der Waals surface area contributed by atoms with E-state index >= 15 is 8.78 Å². The fourth-order valence-electron chi connectivity index (χ4n) is 5.92. The molecule has 2 heterocycles. The first kappa shape index (κ1) is 47.6. The number of halogens is 3. The van der Waals surface area contributed by atoms with Crippen molar-refractivity contribution in [1.29, 1.82) is 0 Å². The third-order valence-corrected chi connectivity index (χ3v) is 10.1. The van der Waals surface area contributed by atoms with Crippen LogP contribution in [-0.2, 0) is 46.6 Å². The minimum atomic E-state index is -0.883. The van der Waals surface area contributed by atoms with Gasteiger partial charge in [0.1, 0.15) is 0 Å². The van der Waals surface area contributed by atoms with Crippen LogP contribution in [0.15, 0.2) is 18.2 Å². The lowest BCUT2D eigenvalue weighted by Gasteiger charge is -2.22. The van der Waals surface area contributed by atoms with Gasteiger partial charge in [-0.1, -0.05) is 13.8 Å². The van der Waals surface area contributed by atoms with Gasteiger partial charge in [0.05, 0.1) is 70.9 Å². The number of fused-ring (bicyclic) bond motifs is 2. The fraction of sp³-hybridized carbons (Fsp3) is 0.513. The van der Waals surface area contributed by atoms with E-state index in [0.717, 1.165) is 11.3 Å². The number of esters is 1. The number of methoxy groups -OCH3 is 2. The summed E-state index contributed by atoms with van der Waals surface area (Å²) in [4.78, 5) is 69.2. The zero-order chi connectivity index (χ0) is 41.6. The molecule has 1 atom stereocenters. The lowest BCUT2D eigenvalue weighted by atomic mass is 9.92. The highest BCUT2D eigenvalue weighted by Gasteiger charge is 2.34. The summed E-state index contributed by atoms with van der Waals surface area (Å²) < 4.78 is 64.4. The Morgan fingerprint density at radius 2 is 1.57 bits per heavy atom. The zero-order valence-corrected chi connectivity index (χ0v) is 34.7. The van der Waals surface area contributed by atoms with E-state index in [-0.39, 0.29) is 141 Å². The number of amides is 2. The van der Waals surface area contributed by atoms with Crippen LogP contribution in [0, 0.1) is 23.5 Å². The summed E-state index contributed by atoms with van der Waals surface area (Å²) in [5.41, 5.74) is 8.17. The molecule has 0 saturated carbocycles. The van der Waals surface area contributed by atoms with Crippen molar-refractivity contribution in [3.8, 4) is 23.0 Å². The van der Waals surface area contributed by atoms with Crippen LogP contribution in [0.2, 0.25) is 0 Å². The van der Waals surface area contributed by atoms with Gasteiger partial charge >= 0.3 is 11.9 Å². The lowest BCUT2D eigenvalue weighted by molar-refractivity contribution is -0.165. The van der Waals surface area contributed by atoms with E-state index in [4.69, 9.17) is 39.0 Å². The molecule has 58 heavy (non-hydrogen) atoms. The van der Waals surface area contributed by atoms with Gasteiger partial charge in [0.15, 0.2) is 40.4 Å². The van der Waals surface area contributed by atoms with E-state index in [0.29, 0.717) is 16.8 Å². The first-order valence-electron chi connectivity index (χ1n) is 18.5. The van der Waals surface area contributed by atoms with Crippen molar-refractivity contribution in [2.75, 3.05) is 53.8 Å². The predicted octanol–water partition coefficient (Wildman–Crippen LogP) is 5.44. The molecule has 0 aliphatic carbocycles.